The van der Waals surface area contributed by atoms with Crippen LogP contribution in [0, 0.1) is 0 Å². The molecule has 6 nitrogen and oxygen atoms in total. The predicted molar refractivity (Wildman–Crippen MR) is 126 cm³/mol. The Labute approximate surface area is 193 Å². The Bertz CT molecular complexity index is 628. The number of benzene rings is 1. The van der Waals surface area contributed by atoms with Gasteiger partial charge in [-0.25, -0.2) is 4.99 Å². The third kappa shape index (κ3) is 6.74. The highest BCUT2D eigenvalue weighted by Crippen LogP contribution is 2.25. The van der Waals surface area contributed by atoms with Gasteiger partial charge in [0, 0.05) is 26.2 Å². The molecule has 0 spiro atoms. The van der Waals surface area contributed by atoms with Crippen molar-refractivity contribution in [2.75, 3.05) is 39.4 Å². The quantitative estimate of drug-likeness (QED) is 0.323. The summed E-state index contributed by atoms with van der Waals surface area (Å²) >= 11 is 3.52. The van der Waals surface area contributed by atoms with Crippen molar-refractivity contribution >= 4 is 45.9 Å². The number of halogens is 2. The molecule has 1 aromatic rings. The lowest BCUT2D eigenvalue weighted by Crippen LogP contribution is -2.53. The van der Waals surface area contributed by atoms with Crippen molar-refractivity contribution < 1.29 is 14.2 Å². The van der Waals surface area contributed by atoms with Crippen LogP contribution < -0.4 is 10.1 Å². The zero-order chi connectivity index (χ0) is 19.1. The number of nitrogens with zero attached hydrogens (tertiary/aromatic N) is 2. The summed E-state index contributed by atoms with van der Waals surface area (Å²) in [5, 5.41) is 3.41. The molecule has 0 radical (unpaired) electrons. The van der Waals surface area contributed by atoms with Crippen LogP contribution in [-0.4, -0.2) is 68.6 Å². The number of aliphatic imine (C=N–C) groups is 1. The molecule has 2 heterocycles. The number of nitrogens with one attached hydrogen (secondary N) is 1. The fourth-order valence-corrected chi connectivity index (χ4v) is 3.80. The van der Waals surface area contributed by atoms with Crippen LogP contribution in [-0.2, 0) is 9.47 Å². The molecule has 2 aliphatic heterocycles. The second-order valence-corrected chi connectivity index (χ2v) is 7.81. The molecule has 8 heteroatoms. The Morgan fingerprint density at radius 3 is 2.82 bits per heavy atom. The van der Waals surface area contributed by atoms with E-state index in [1.54, 1.807) is 0 Å². The summed E-state index contributed by atoms with van der Waals surface area (Å²) in [4.78, 5) is 7.10. The van der Waals surface area contributed by atoms with Crippen molar-refractivity contribution in [1.29, 1.82) is 0 Å². The first kappa shape index (κ1) is 23.7. The maximum Gasteiger partial charge on any atom is 0.194 e. The van der Waals surface area contributed by atoms with Gasteiger partial charge in [0.05, 0.1) is 23.7 Å². The molecule has 0 aromatic heterocycles. The van der Waals surface area contributed by atoms with Crippen molar-refractivity contribution in [3.63, 3.8) is 0 Å². The maximum atomic E-state index is 6.02. The summed E-state index contributed by atoms with van der Waals surface area (Å²) in [5.74, 6) is 1.77. The average Bonchev–Trinajstić information content (AvgIpc) is 3.22. The highest BCUT2D eigenvalue weighted by molar-refractivity contribution is 14.0. The molecule has 1 N–H and O–H groups in total. The first-order valence-electron chi connectivity index (χ1n) is 9.85. The van der Waals surface area contributed by atoms with E-state index in [9.17, 15) is 0 Å². The SMILES string of the molecule is CCNC(=NCC(C)Oc1ccccc1Br)N1CCOC(C2CCCO2)C1.I. The van der Waals surface area contributed by atoms with E-state index in [-0.39, 0.29) is 42.3 Å². The number of para-hydroxylation sites is 1. The highest BCUT2D eigenvalue weighted by Gasteiger charge is 2.32. The Morgan fingerprint density at radius 2 is 2.11 bits per heavy atom. The van der Waals surface area contributed by atoms with Crippen LogP contribution >= 0.6 is 39.9 Å². The third-order valence-electron chi connectivity index (χ3n) is 4.77. The van der Waals surface area contributed by atoms with Gasteiger partial charge in [-0.3, -0.25) is 0 Å². The molecule has 3 atom stereocenters. The second kappa shape index (κ2) is 12.2. The lowest BCUT2D eigenvalue weighted by atomic mass is 10.1. The number of rotatable bonds is 6. The van der Waals surface area contributed by atoms with Crippen LogP contribution in [0.4, 0.5) is 0 Å². The fraction of sp³-hybridized carbons (Fsp3) is 0.650. The minimum atomic E-state index is -0.0210. The molecule has 3 rings (SSSR count). The number of morpholine rings is 1. The second-order valence-electron chi connectivity index (χ2n) is 6.96. The van der Waals surface area contributed by atoms with Crippen molar-refractivity contribution in [2.45, 2.75) is 45.0 Å². The van der Waals surface area contributed by atoms with E-state index in [0.717, 1.165) is 55.3 Å². The smallest absolute Gasteiger partial charge is 0.194 e. The van der Waals surface area contributed by atoms with Gasteiger partial charge < -0.3 is 24.4 Å². The van der Waals surface area contributed by atoms with Gasteiger partial charge in [-0.1, -0.05) is 12.1 Å². The molecule has 2 aliphatic rings. The van der Waals surface area contributed by atoms with Crippen molar-refractivity contribution in [3.05, 3.63) is 28.7 Å². The van der Waals surface area contributed by atoms with E-state index < -0.39 is 0 Å². The number of guanidine groups is 1. The Morgan fingerprint density at radius 1 is 1.32 bits per heavy atom. The summed E-state index contributed by atoms with van der Waals surface area (Å²) in [6.07, 6.45) is 2.53. The van der Waals surface area contributed by atoms with Crippen LogP contribution in [0.15, 0.2) is 33.7 Å². The van der Waals surface area contributed by atoms with E-state index in [4.69, 9.17) is 19.2 Å². The van der Waals surface area contributed by atoms with E-state index in [2.05, 4.69) is 33.1 Å². The summed E-state index contributed by atoms with van der Waals surface area (Å²) in [6, 6.07) is 7.89. The molecule has 0 bridgehead atoms. The fourth-order valence-electron chi connectivity index (χ4n) is 3.42. The summed E-state index contributed by atoms with van der Waals surface area (Å²) < 4.78 is 18.8. The van der Waals surface area contributed by atoms with Crippen LogP contribution in [0.5, 0.6) is 5.75 Å². The van der Waals surface area contributed by atoms with Crippen LogP contribution in [0.25, 0.3) is 0 Å². The minimum Gasteiger partial charge on any atom is -0.488 e. The Hall–Kier alpha value is -0.580. The molecule has 1 aromatic carbocycles. The Balaban J connectivity index is 0.00000280. The topological polar surface area (TPSA) is 55.3 Å². The van der Waals surface area contributed by atoms with Crippen molar-refractivity contribution in [2.24, 2.45) is 4.99 Å². The summed E-state index contributed by atoms with van der Waals surface area (Å²) in [5.41, 5.74) is 0. The van der Waals surface area contributed by atoms with Gasteiger partial charge >= 0.3 is 0 Å². The highest BCUT2D eigenvalue weighted by atomic mass is 127. The predicted octanol–water partition coefficient (Wildman–Crippen LogP) is 3.68. The molecular weight excluding hydrogens is 537 g/mol. The van der Waals surface area contributed by atoms with E-state index in [1.165, 1.54) is 0 Å². The number of hydrogen-bond donors (Lipinski definition) is 1. The molecule has 0 aliphatic carbocycles. The molecule has 0 saturated carbocycles. The van der Waals surface area contributed by atoms with Gasteiger partial charge in [0.2, 0.25) is 0 Å². The number of ether oxygens (including phenoxy) is 3. The zero-order valence-electron chi connectivity index (χ0n) is 16.6. The molecule has 28 heavy (non-hydrogen) atoms. The minimum absolute atomic E-state index is 0. The van der Waals surface area contributed by atoms with Crippen LogP contribution in [0.2, 0.25) is 0 Å². The van der Waals surface area contributed by atoms with Gasteiger partial charge in [-0.2, -0.15) is 0 Å². The van der Waals surface area contributed by atoms with Crippen LogP contribution in [0.1, 0.15) is 26.7 Å². The number of hydrogen-bond acceptors (Lipinski definition) is 4. The van der Waals surface area contributed by atoms with Crippen molar-refractivity contribution in [1.82, 2.24) is 10.2 Å². The lowest BCUT2D eigenvalue weighted by molar-refractivity contribution is -0.0817. The van der Waals surface area contributed by atoms with E-state index in [0.29, 0.717) is 13.2 Å². The first-order chi connectivity index (χ1) is 13.2. The molecule has 2 fully saturated rings. The van der Waals surface area contributed by atoms with Crippen LogP contribution in [0.3, 0.4) is 0 Å². The standard InChI is InChI=1S/C20H30BrN3O3.HI/c1-3-22-20(23-13-15(2)27-17-8-5-4-7-16(17)21)24-10-12-26-19(14-24)18-9-6-11-25-18;/h4-5,7-8,15,18-19H,3,6,9-14H2,1-2H3,(H,22,23);1H. The van der Waals surface area contributed by atoms with Gasteiger partial charge in [-0.05, 0) is 54.8 Å². The normalized spacial score (nSPS) is 23.8. The Kier molecular flexibility index (Phi) is 10.3. The van der Waals surface area contributed by atoms with Gasteiger partial charge in [0.1, 0.15) is 18.0 Å². The lowest BCUT2D eigenvalue weighted by Gasteiger charge is -2.37. The third-order valence-corrected chi connectivity index (χ3v) is 5.43. The summed E-state index contributed by atoms with van der Waals surface area (Å²) in [7, 11) is 0. The largest absolute Gasteiger partial charge is 0.488 e. The maximum absolute atomic E-state index is 6.02. The zero-order valence-corrected chi connectivity index (χ0v) is 20.5. The molecule has 0 amide bonds. The summed E-state index contributed by atoms with van der Waals surface area (Å²) in [6.45, 7) is 8.77. The average molecular weight is 568 g/mol. The molecular formula is C20H31BrIN3O3. The monoisotopic (exact) mass is 567 g/mol. The van der Waals surface area contributed by atoms with Gasteiger partial charge in [-0.15, -0.1) is 24.0 Å². The molecule has 3 unspecified atom stereocenters. The van der Waals surface area contributed by atoms with Gasteiger partial charge in [0.25, 0.3) is 0 Å². The molecule has 158 valence electrons. The molecule has 2 saturated heterocycles. The van der Waals surface area contributed by atoms with Crippen molar-refractivity contribution in [3.8, 4) is 5.75 Å². The van der Waals surface area contributed by atoms with E-state index in [1.807, 2.05) is 31.2 Å². The van der Waals surface area contributed by atoms with E-state index >= 15 is 0 Å². The first-order valence-corrected chi connectivity index (χ1v) is 10.6. The van der Waals surface area contributed by atoms with Gasteiger partial charge in [0.15, 0.2) is 5.96 Å².